The minimum atomic E-state index is -0.509. The van der Waals surface area contributed by atoms with Gasteiger partial charge >= 0.3 is 0 Å². The van der Waals surface area contributed by atoms with Gasteiger partial charge in [0.1, 0.15) is 0 Å². The van der Waals surface area contributed by atoms with Crippen LogP contribution in [0.15, 0.2) is 286 Å². The Balaban J connectivity index is 0.861. The van der Waals surface area contributed by atoms with Crippen LogP contribution in [0.3, 0.4) is 0 Å². The first kappa shape index (κ1) is 48.1. The van der Waals surface area contributed by atoms with Gasteiger partial charge in [0.15, 0.2) is 0 Å². The van der Waals surface area contributed by atoms with Gasteiger partial charge in [0.25, 0.3) is 0 Å². The summed E-state index contributed by atoms with van der Waals surface area (Å²) in [5.41, 5.74) is 29.0. The van der Waals surface area contributed by atoms with E-state index in [0.29, 0.717) is 0 Å². The summed E-state index contributed by atoms with van der Waals surface area (Å²) in [7, 11) is 0. The number of rotatable bonds is 12. The third-order valence-electron chi connectivity index (χ3n) is 17.6. The highest BCUT2D eigenvalue weighted by atomic mass is 15.1. The molecule has 0 amide bonds. The van der Waals surface area contributed by atoms with Crippen molar-refractivity contribution in [3.05, 3.63) is 330 Å². The topological polar surface area (TPSA) is 8.17 Å². The van der Waals surface area contributed by atoms with Gasteiger partial charge in [-0.3, -0.25) is 0 Å². The van der Waals surface area contributed by atoms with Crippen LogP contribution in [0.4, 0.5) is 17.1 Å². The SMILES string of the molecule is C=Cc1ccc(-c2ccc(-n3c4ccc(-c5ccc(CC)cc5)cc4c4cc(-c5ccc(N(c6ccc(-c7ccccc7)cc6)c6ccc7c(c6)C(c6ccccc6)(c6ccc8c(c6)CC8)c6ccccc6-7)cc5)ccc43)cc2)cc1. The minimum Gasteiger partial charge on any atom is -0.310 e. The quantitative estimate of drug-likeness (QED) is 0.118. The Bertz CT molecular complexity index is 4510. The fourth-order valence-corrected chi connectivity index (χ4v) is 13.2. The number of aryl methyl sites for hydroxylation is 3. The van der Waals surface area contributed by atoms with Crippen LogP contribution in [-0.2, 0) is 24.7 Å². The maximum Gasteiger partial charge on any atom is 0.0714 e. The minimum absolute atomic E-state index is 0.509. The first-order valence-electron chi connectivity index (χ1n) is 28.5. The average Bonchev–Trinajstić information content (AvgIpc) is 4.25. The fraction of sp³-hybridized carbons (Fsp3) is 0.0633. The van der Waals surface area contributed by atoms with E-state index in [1.807, 2.05) is 6.08 Å². The van der Waals surface area contributed by atoms with Crippen molar-refractivity contribution >= 4 is 44.9 Å². The van der Waals surface area contributed by atoms with Gasteiger partial charge in [0.05, 0.1) is 16.4 Å². The molecule has 1 atom stereocenters. The molecular weight excluding hydrogens is 977 g/mol. The number of fused-ring (bicyclic) bond motifs is 7. The molecule has 0 aliphatic heterocycles. The molecule has 1 unspecified atom stereocenters. The molecule has 2 aliphatic carbocycles. The standard InChI is InChI=1S/C79H58N2/c1-3-53-19-23-56(24-20-53)58-32-43-69(44-33-58)81-77-47-36-63(59-25-21-54(4-2)22-26-59)50-73(77)74-51-64(37-48-78(74)81)61-34-41-68(42-35-61)80(67-39-30-57(31-40-67)55-13-7-5-8-14-55)70-45-46-72-71-17-11-12-18-75(71)79(76(72)52-70,65-15-9-6-10-16-65)66-38-29-60-27-28-62(60)49-66/h3,5-26,29-52H,1,4,27-28H2,2H3. The normalized spacial score (nSPS) is 14.0. The van der Waals surface area contributed by atoms with Crippen molar-refractivity contribution in [2.24, 2.45) is 0 Å². The van der Waals surface area contributed by atoms with E-state index in [4.69, 9.17) is 0 Å². The number of anilines is 3. The van der Waals surface area contributed by atoms with E-state index in [1.54, 1.807) is 0 Å². The van der Waals surface area contributed by atoms with E-state index < -0.39 is 5.41 Å². The van der Waals surface area contributed by atoms with E-state index in [0.717, 1.165) is 53.1 Å². The monoisotopic (exact) mass is 1030 g/mol. The first-order valence-corrected chi connectivity index (χ1v) is 28.5. The summed E-state index contributed by atoms with van der Waals surface area (Å²) >= 11 is 0. The second-order valence-electron chi connectivity index (χ2n) is 21.9. The lowest BCUT2D eigenvalue weighted by atomic mass is 9.66. The summed E-state index contributed by atoms with van der Waals surface area (Å²) in [6.45, 7) is 6.16. The van der Waals surface area contributed by atoms with Gasteiger partial charge in [-0.2, -0.15) is 0 Å². The zero-order valence-electron chi connectivity index (χ0n) is 45.4. The molecule has 0 spiro atoms. The van der Waals surface area contributed by atoms with Gasteiger partial charge in [-0.15, -0.1) is 0 Å². The van der Waals surface area contributed by atoms with Crippen LogP contribution in [0.2, 0.25) is 0 Å². The maximum absolute atomic E-state index is 3.95. The van der Waals surface area contributed by atoms with Crippen molar-refractivity contribution in [1.82, 2.24) is 4.57 Å². The summed E-state index contributed by atoms with van der Waals surface area (Å²) in [5.74, 6) is 0. The van der Waals surface area contributed by atoms with Crippen LogP contribution in [0, 0.1) is 0 Å². The Labute approximate surface area is 474 Å². The summed E-state index contributed by atoms with van der Waals surface area (Å²) in [5, 5.41) is 2.45. The van der Waals surface area contributed by atoms with Gasteiger partial charge in [0.2, 0.25) is 0 Å². The predicted molar refractivity (Wildman–Crippen MR) is 341 cm³/mol. The van der Waals surface area contributed by atoms with E-state index >= 15 is 0 Å². The van der Waals surface area contributed by atoms with Crippen LogP contribution < -0.4 is 4.90 Å². The molecule has 2 heteroatoms. The second-order valence-corrected chi connectivity index (χ2v) is 21.9. The molecule has 12 aromatic carbocycles. The molecule has 2 aliphatic rings. The van der Waals surface area contributed by atoms with E-state index in [9.17, 15) is 0 Å². The number of aromatic nitrogens is 1. The van der Waals surface area contributed by atoms with Gasteiger partial charge in [-0.05, 0) is 192 Å². The van der Waals surface area contributed by atoms with E-state index in [-0.39, 0.29) is 0 Å². The Hall–Kier alpha value is -10.0. The zero-order chi connectivity index (χ0) is 54.0. The molecule has 13 aromatic rings. The maximum atomic E-state index is 3.95. The second kappa shape index (κ2) is 19.7. The molecule has 0 saturated heterocycles. The molecule has 0 bridgehead atoms. The molecule has 0 N–H and O–H groups in total. The van der Waals surface area contributed by atoms with Gasteiger partial charge in [-0.25, -0.2) is 0 Å². The van der Waals surface area contributed by atoms with Crippen molar-refractivity contribution in [2.75, 3.05) is 4.90 Å². The molecule has 1 heterocycles. The molecule has 2 nitrogen and oxygen atoms in total. The Morgan fingerprint density at radius 2 is 0.889 bits per heavy atom. The summed E-state index contributed by atoms with van der Waals surface area (Å²) in [4.78, 5) is 2.45. The van der Waals surface area contributed by atoms with Crippen molar-refractivity contribution in [3.8, 4) is 61.3 Å². The molecule has 0 fully saturated rings. The van der Waals surface area contributed by atoms with E-state index in [2.05, 4.69) is 302 Å². The van der Waals surface area contributed by atoms with Crippen LogP contribution in [0.25, 0.3) is 89.2 Å². The third kappa shape index (κ3) is 8.09. The average molecular weight is 1040 g/mol. The Morgan fingerprint density at radius 3 is 1.47 bits per heavy atom. The third-order valence-corrected chi connectivity index (χ3v) is 17.6. The number of nitrogens with zero attached hydrogens (tertiary/aromatic N) is 2. The summed E-state index contributed by atoms with van der Waals surface area (Å²) in [6.07, 6.45) is 5.18. The lowest BCUT2D eigenvalue weighted by Gasteiger charge is -2.36. The van der Waals surface area contributed by atoms with Crippen LogP contribution in [0.1, 0.15) is 51.4 Å². The first-order chi connectivity index (χ1) is 40.0. The molecule has 0 radical (unpaired) electrons. The fourth-order valence-electron chi connectivity index (χ4n) is 13.2. The smallest absolute Gasteiger partial charge is 0.0714 e. The molecule has 81 heavy (non-hydrogen) atoms. The molecule has 1 aromatic heterocycles. The molecule has 384 valence electrons. The van der Waals surface area contributed by atoms with Crippen LogP contribution in [0.5, 0.6) is 0 Å². The van der Waals surface area contributed by atoms with Crippen LogP contribution in [-0.4, -0.2) is 4.57 Å². The van der Waals surface area contributed by atoms with Gasteiger partial charge in [0, 0.05) is 33.5 Å². The van der Waals surface area contributed by atoms with Crippen molar-refractivity contribution < 1.29 is 0 Å². The van der Waals surface area contributed by atoms with Gasteiger partial charge in [-0.1, -0.05) is 226 Å². The number of benzene rings is 12. The Morgan fingerprint density at radius 1 is 0.395 bits per heavy atom. The number of hydrogen-bond donors (Lipinski definition) is 0. The highest BCUT2D eigenvalue weighted by Crippen LogP contribution is 2.58. The number of hydrogen-bond acceptors (Lipinski definition) is 1. The highest BCUT2D eigenvalue weighted by molar-refractivity contribution is 6.12. The van der Waals surface area contributed by atoms with Crippen molar-refractivity contribution in [1.29, 1.82) is 0 Å². The lowest BCUT2D eigenvalue weighted by Crippen LogP contribution is -2.29. The van der Waals surface area contributed by atoms with Crippen molar-refractivity contribution in [3.63, 3.8) is 0 Å². The van der Waals surface area contributed by atoms with Crippen molar-refractivity contribution in [2.45, 2.75) is 31.6 Å². The van der Waals surface area contributed by atoms with Crippen LogP contribution >= 0.6 is 0 Å². The Kier molecular flexibility index (Phi) is 11.7. The summed E-state index contributed by atoms with van der Waals surface area (Å²) in [6, 6.07) is 104. The lowest BCUT2D eigenvalue weighted by molar-refractivity contribution is 0.752. The summed E-state index contributed by atoms with van der Waals surface area (Å²) < 4.78 is 2.43. The molecular formula is C79H58N2. The van der Waals surface area contributed by atoms with Gasteiger partial charge < -0.3 is 9.47 Å². The highest BCUT2D eigenvalue weighted by Gasteiger charge is 2.47. The largest absolute Gasteiger partial charge is 0.310 e. The molecule has 0 saturated carbocycles. The molecule has 15 rings (SSSR count). The zero-order valence-corrected chi connectivity index (χ0v) is 45.4. The predicted octanol–water partition coefficient (Wildman–Crippen LogP) is 20.6. The van der Waals surface area contributed by atoms with E-state index in [1.165, 1.54) is 111 Å².